The van der Waals surface area contributed by atoms with E-state index in [0.717, 1.165) is 23.7 Å². The first kappa shape index (κ1) is 15.3. The molecule has 0 amide bonds. The van der Waals surface area contributed by atoms with Crippen molar-refractivity contribution in [3.05, 3.63) is 29.8 Å². The molecule has 0 bridgehead atoms. The van der Waals surface area contributed by atoms with E-state index in [4.69, 9.17) is 15.2 Å². The molecule has 3 nitrogen and oxygen atoms in total. The molecule has 0 aliphatic heterocycles. The Morgan fingerprint density at radius 2 is 2.10 bits per heavy atom. The highest BCUT2D eigenvalue weighted by Crippen LogP contribution is 2.33. The summed E-state index contributed by atoms with van der Waals surface area (Å²) in [7, 11) is 1.69. The van der Waals surface area contributed by atoms with E-state index in [0.29, 0.717) is 12.6 Å². The van der Waals surface area contributed by atoms with Crippen molar-refractivity contribution in [2.45, 2.75) is 51.2 Å². The molecule has 0 saturated heterocycles. The molecule has 20 heavy (non-hydrogen) atoms. The number of benzene rings is 1. The molecule has 2 rings (SSSR count). The van der Waals surface area contributed by atoms with Crippen LogP contribution in [0.15, 0.2) is 24.3 Å². The van der Waals surface area contributed by atoms with Gasteiger partial charge in [-0.3, -0.25) is 0 Å². The Hall–Kier alpha value is -1.06. The first-order valence-electron chi connectivity index (χ1n) is 7.76. The molecular weight excluding hydrogens is 250 g/mol. The second-order valence-corrected chi connectivity index (χ2v) is 5.67. The molecule has 1 aliphatic rings. The maximum atomic E-state index is 6.30. The highest BCUT2D eigenvalue weighted by molar-refractivity contribution is 5.35. The van der Waals surface area contributed by atoms with Crippen molar-refractivity contribution < 1.29 is 9.47 Å². The van der Waals surface area contributed by atoms with Gasteiger partial charge in [0.15, 0.2) is 0 Å². The fourth-order valence-electron chi connectivity index (χ4n) is 3.16. The van der Waals surface area contributed by atoms with Crippen molar-refractivity contribution in [3.63, 3.8) is 0 Å². The SMILES string of the molecule is CCC1CCCC(OC(CN)c2ccccc2OC)C1. The average Bonchev–Trinajstić information content (AvgIpc) is 2.52. The number of para-hydroxylation sites is 1. The summed E-state index contributed by atoms with van der Waals surface area (Å²) in [5.74, 6) is 1.68. The smallest absolute Gasteiger partial charge is 0.124 e. The van der Waals surface area contributed by atoms with Gasteiger partial charge in [0, 0.05) is 12.1 Å². The van der Waals surface area contributed by atoms with Crippen LogP contribution in [0.1, 0.15) is 50.7 Å². The molecule has 1 fully saturated rings. The molecule has 112 valence electrons. The molecule has 0 aromatic heterocycles. The molecule has 1 aliphatic carbocycles. The lowest BCUT2D eigenvalue weighted by atomic mass is 9.85. The Balaban J connectivity index is 2.05. The zero-order chi connectivity index (χ0) is 14.4. The molecule has 3 atom stereocenters. The summed E-state index contributed by atoms with van der Waals surface area (Å²) in [4.78, 5) is 0. The van der Waals surface area contributed by atoms with E-state index in [2.05, 4.69) is 13.0 Å². The molecule has 0 spiro atoms. The minimum atomic E-state index is -0.0632. The molecular formula is C17H27NO2. The predicted octanol–water partition coefficient (Wildman–Crippen LogP) is 3.68. The third-order valence-corrected chi connectivity index (χ3v) is 4.37. The fourth-order valence-corrected chi connectivity index (χ4v) is 3.16. The summed E-state index contributed by atoms with van der Waals surface area (Å²) >= 11 is 0. The zero-order valence-corrected chi connectivity index (χ0v) is 12.7. The van der Waals surface area contributed by atoms with Gasteiger partial charge < -0.3 is 15.2 Å². The standard InChI is InChI=1S/C17H27NO2/c1-3-13-7-6-8-14(11-13)20-17(12-18)15-9-4-5-10-16(15)19-2/h4-5,9-10,13-14,17H,3,6-8,11-12,18H2,1-2H3. The van der Waals surface area contributed by atoms with Crippen molar-refractivity contribution >= 4 is 0 Å². The van der Waals surface area contributed by atoms with Crippen molar-refractivity contribution in [2.24, 2.45) is 11.7 Å². The van der Waals surface area contributed by atoms with E-state index in [1.54, 1.807) is 7.11 Å². The number of rotatable bonds is 6. The summed E-state index contributed by atoms with van der Waals surface area (Å²) in [5.41, 5.74) is 7.00. The second-order valence-electron chi connectivity index (χ2n) is 5.67. The van der Waals surface area contributed by atoms with Crippen molar-refractivity contribution in [3.8, 4) is 5.75 Å². The third-order valence-electron chi connectivity index (χ3n) is 4.37. The maximum Gasteiger partial charge on any atom is 0.124 e. The van der Waals surface area contributed by atoms with Crippen LogP contribution in [0, 0.1) is 5.92 Å². The first-order chi connectivity index (χ1) is 9.78. The summed E-state index contributed by atoms with van der Waals surface area (Å²) in [6.45, 7) is 2.77. The quantitative estimate of drug-likeness (QED) is 0.862. The van der Waals surface area contributed by atoms with E-state index in [1.165, 1.54) is 25.7 Å². The molecule has 2 N–H and O–H groups in total. The third kappa shape index (κ3) is 3.74. The zero-order valence-electron chi connectivity index (χ0n) is 12.7. The van der Waals surface area contributed by atoms with Gasteiger partial charge in [-0.15, -0.1) is 0 Å². The monoisotopic (exact) mass is 277 g/mol. The van der Waals surface area contributed by atoms with Crippen molar-refractivity contribution in [1.82, 2.24) is 0 Å². The van der Waals surface area contributed by atoms with Crippen LogP contribution in [0.2, 0.25) is 0 Å². The largest absolute Gasteiger partial charge is 0.496 e. The minimum absolute atomic E-state index is 0.0632. The Morgan fingerprint density at radius 3 is 2.80 bits per heavy atom. The second kappa shape index (κ2) is 7.65. The number of hydrogen-bond acceptors (Lipinski definition) is 3. The summed E-state index contributed by atoms with van der Waals surface area (Å²) in [6, 6.07) is 8.01. The van der Waals surface area contributed by atoms with Crippen LogP contribution >= 0.6 is 0 Å². The van der Waals surface area contributed by atoms with E-state index in [9.17, 15) is 0 Å². The van der Waals surface area contributed by atoms with Crippen LogP contribution in [0.25, 0.3) is 0 Å². The lowest BCUT2D eigenvalue weighted by molar-refractivity contribution is -0.0389. The van der Waals surface area contributed by atoms with E-state index in [-0.39, 0.29) is 6.10 Å². The lowest BCUT2D eigenvalue weighted by Crippen LogP contribution is -2.27. The van der Waals surface area contributed by atoms with Crippen LogP contribution in [0.5, 0.6) is 5.75 Å². The molecule has 3 heteroatoms. The van der Waals surface area contributed by atoms with Crippen LogP contribution in [-0.2, 0) is 4.74 Å². The van der Waals surface area contributed by atoms with Crippen LogP contribution in [-0.4, -0.2) is 19.8 Å². The van der Waals surface area contributed by atoms with Crippen LogP contribution < -0.4 is 10.5 Å². The summed E-state index contributed by atoms with van der Waals surface area (Å²) in [5, 5.41) is 0. The maximum absolute atomic E-state index is 6.30. The van der Waals surface area contributed by atoms with Gasteiger partial charge in [0.05, 0.1) is 19.3 Å². The van der Waals surface area contributed by atoms with Gasteiger partial charge in [0.1, 0.15) is 5.75 Å². The van der Waals surface area contributed by atoms with Crippen molar-refractivity contribution in [2.75, 3.05) is 13.7 Å². The van der Waals surface area contributed by atoms with Gasteiger partial charge in [-0.05, 0) is 24.8 Å². The molecule has 0 radical (unpaired) electrons. The predicted molar refractivity (Wildman–Crippen MR) is 81.9 cm³/mol. The number of methoxy groups -OCH3 is 1. The molecule has 3 unspecified atom stereocenters. The van der Waals surface area contributed by atoms with E-state index < -0.39 is 0 Å². The van der Waals surface area contributed by atoms with Gasteiger partial charge in [0.2, 0.25) is 0 Å². The Labute approximate surface area is 122 Å². The van der Waals surface area contributed by atoms with Gasteiger partial charge >= 0.3 is 0 Å². The number of hydrogen-bond donors (Lipinski definition) is 1. The van der Waals surface area contributed by atoms with E-state index >= 15 is 0 Å². The van der Waals surface area contributed by atoms with Crippen LogP contribution in [0.4, 0.5) is 0 Å². The highest BCUT2D eigenvalue weighted by Gasteiger charge is 2.25. The highest BCUT2D eigenvalue weighted by atomic mass is 16.5. The molecule has 1 saturated carbocycles. The lowest BCUT2D eigenvalue weighted by Gasteiger charge is -2.32. The van der Waals surface area contributed by atoms with Gasteiger partial charge in [0.25, 0.3) is 0 Å². The average molecular weight is 277 g/mol. The topological polar surface area (TPSA) is 44.5 Å². The van der Waals surface area contributed by atoms with Crippen LogP contribution in [0.3, 0.4) is 0 Å². The van der Waals surface area contributed by atoms with E-state index in [1.807, 2.05) is 18.2 Å². The molecule has 0 heterocycles. The Bertz CT molecular complexity index is 408. The normalized spacial score (nSPS) is 24.4. The Morgan fingerprint density at radius 1 is 1.30 bits per heavy atom. The molecule has 1 aromatic carbocycles. The fraction of sp³-hybridized carbons (Fsp3) is 0.647. The minimum Gasteiger partial charge on any atom is -0.496 e. The number of ether oxygens (including phenoxy) is 2. The first-order valence-corrected chi connectivity index (χ1v) is 7.76. The van der Waals surface area contributed by atoms with Gasteiger partial charge in [-0.25, -0.2) is 0 Å². The molecule has 1 aromatic rings. The summed E-state index contributed by atoms with van der Waals surface area (Å²) in [6.07, 6.45) is 6.47. The van der Waals surface area contributed by atoms with Gasteiger partial charge in [-0.1, -0.05) is 44.4 Å². The Kier molecular flexibility index (Phi) is 5.86. The van der Waals surface area contributed by atoms with Crippen molar-refractivity contribution in [1.29, 1.82) is 0 Å². The van der Waals surface area contributed by atoms with Gasteiger partial charge in [-0.2, -0.15) is 0 Å². The summed E-state index contributed by atoms with van der Waals surface area (Å²) < 4.78 is 11.7. The number of nitrogens with two attached hydrogens (primary N) is 1.